The summed E-state index contributed by atoms with van der Waals surface area (Å²) in [6.07, 6.45) is 0. The Morgan fingerprint density at radius 1 is 1.32 bits per heavy atom. The van der Waals surface area contributed by atoms with Crippen LogP contribution in [0.3, 0.4) is 0 Å². The molecule has 2 nitrogen and oxygen atoms in total. The van der Waals surface area contributed by atoms with Crippen molar-refractivity contribution >= 4 is 61.7 Å². The van der Waals surface area contributed by atoms with Gasteiger partial charge < -0.3 is 5.32 Å². The third-order valence-electron chi connectivity index (χ3n) is 2.33. The molecule has 0 unspecified atom stereocenters. The highest BCUT2D eigenvalue weighted by atomic mass is 127. The maximum Gasteiger partial charge on any atom is 0.255 e. The molecule has 0 spiro atoms. The zero-order chi connectivity index (χ0) is 14.0. The molecule has 0 heterocycles. The van der Waals surface area contributed by atoms with Crippen LogP contribution in [0.1, 0.15) is 10.4 Å². The molecule has 0 fully saturated rings. The van der Waals surface area contributed by atoms with Gasteiger partial charge in [-0.3, -0.25) is 4.79 Å². The maximum atomic E-state index is 13.1. The molecule has 0 aliphatic carbocycles. The van der Waals surface area contributed by atoms with E-state index in [0.717, 1.165) is 9.64 Å². The number of carbonyl (C=O) groups excluding carboxylic acids is 1. The Morgan fingerprint density at radius 3 is 2.68 bits per heavy atom. The first-order chi connectivity index (χ1) is 8.97. The van der Waals surface area contributed by atoms with E-state index < -0.39 is 5.82 Å². The fraction of sp³-hybridized carbons (Fsp3) is 0. The number of anilines is 1. The standard InChI is InChI=1S/C13H7BrClFINO/c14-10-5-8(16)6-11(15)12(10)18-13(19)7-2-1-3-9(17)4-7/h1-6H,(H,18,19). The van der Waals surface area contributed by atoms with E-state index in [0.29, 0.717) is 15.7 Å². The van der Waals surface area contributed by atoms with E-state index in [-0.39, 0.29) is 10.9 Å². The van der Waals surface area contributed by atoms with Crippen molar-refractivity contribution in [1.29, 1.82) is 0 Å². The number of hydrogen-bond acceptors (Lipinski definition) is 1. The van der Waals surface area contributed by atoms with Crippen LogP contribution in [-0.4, -0.2) is 5.91 Å². The summed E-state index contributed by atoms with van der Waals surface area (Å²) in [6.45, 7) is 0. The average Bonchev–Trinajstić information content (AvgIpc) is 2.33. The fourth-order valence-electron chi connectivity index (χ4n) is 1.48. The van der Waals surface area contributed by atoms with Crippen molar-refractivity contribution in [3.63, 3.8) is 0 Å². The molecule has 0 aliphatic rings. The Morgan fingerprint density at radius 2 is 2.05 bits per heavy atom. The first kappa shape index (κ1) is 14.7. The Balaban J connectivity index is 2.29. The molecule has 2 aromatic rings. The summed E-state index contributed by atoms with van der Waals surface area (Å²) >= 11 is 11.2. The molecule has 0 radical (unpaired) electrons. The van der Waals surface area contributed by atoms with Crippen molar-refractivity contribution < 1.29 is 9.18 Å². The van der Waals surface area contributed by atoms with Crippen molar-refractivity contribution in [3.05, 3.63) is 60.8 Å². The van der Waals surface area contributed by atoms with E-state index in [4.69, 9.17) is 11.6 Å². The van der Waals surface area contributed by atoms with Gasteiger partial charge in [-0.05, 0) is 68.9 Å². The van der Waals surface area contributed by atoms with Crippen molar-refractivity contribution in [2.75, 3.05) is 5.32 Å². The number of carbonyl (C=O) groups is 1. The largest absolute Gasteiger partial charge is 0.320 e. The monoisotopic (exact) mass is 453 g/mol. The topological polar surface area (TPSA) is 29.1 Å². The summed E-state index contributed by atoms with van der Waals surface area (Å²) in [4.78, 5) is 12.1. The molecule has 6 heteroatoms. The van der Waals surface area contributed by atoms with Crippen LogP contribution in [0.2, 0.25) is 5.02 Å². The molecule has 19 heavy (non-hydrogen) atoms. The minimum Gasteiger partial charge on any atom is -0.320 e. The molecule has 2 rings (SSSR count). The summed E-state index contributed by atoms with van der Waals surface area (Å²) in [5.74, 6) is -0.767. The molecule has 98 valence electrons. The van der Waals surface area contributed by atoms with E-state index in [1.165, 1.54) is 6.07 Å². The van der Waals surface area contributed by atoms with E-state index in [9.17, 15) is 9.18 Å². The highest BCUT2D eigenvalue weighted by Crippen LogP contribution is 2.32. The van der Waals surface area contributed by atoms with Crippen molar-refractivity contribution in [2.45, 2.75) is 0 Å². The van der Waals surface area contributed by atoms with Gasteiger partial charge in [0, 0.05) is 13.6 Å². The highest BCUT2D eigenvalue weighted by Gasteiger charge is 2.13. The fourth-order valence-corrected chi connectivity index (χ4v) is 2.92. The van der Waals surface area contributed by atoms with Crippen LogP contribution >= 0.6 is 50.1 Å². The zero-order valence-electron chi connectivity index (χ0n) is 9.38. The summed E-state index contributed by atoms with van der Waals surface area (Å²) in [7, 11) is 0. The van der Waals surface area contributed by atoms with Crippen LogP contribution in [0.15, 0.2) is 40.9 Å². The quantitative estimate of drug-likeness (QED) is 0.629. The van der Waals surface area contributed by atoms with Gasteiger partial charge >= 0.3 is 0 Å². The van der Waals surface area contributed by atoms with Gasteiger partial charge in [-0.2, -0.15) is 0 Å². The molecule has 0 aromatic heterocycles. The van der Waals surface area contributed by atoms with Crippen LogP contribution in [0, 0.1) is 9.39 Å². The lowest BCUT2D eigenvalue weighted by Crippen LogP contribution is -2.13. The normalized spacial score (nSPS) is 10.3. The SMILES string of the molecule is O=C(Nc1c(Cl)cc(F)cc1Br)c1cccc(I)c1. The van der Waals surface area contributed by atoms with E-state index >= 15 is 0 Å². The second kappa shape index (κ2) is 6.19. The summed E-state index contributed by atoms with van der Waals surface area (Å²) in [6, 6.07) is 9.52. The molecule has 0 saturated heterocycles. The lowest BCUT2D eigenvalue weighted by Gasteiger charge is -2.10. The summed E-state index contributed by atoms with van der Waals surface area (Å²) < 4.78 is 14.4. The van der Waals surface area contributed by atoms with Crippen LogP contribution in [0.4, 0.5) is 10.1 Å². The molecule has 1 N–H and O–H groups in total. The highest BCUT2D eigenvalue weighted by molar-refractivity contribution is 14.1. The Labute approximate surface area is 136 Å². The molecule has 0 aliphatic heterocycles. The van der Waals surface area contributed by atoms with Gasteiger partial charge in [0.05, 0.1) is 10.7 Å². The molecular formula is C13H7BrClFINO. The van der Waals surface area contributed by atoms with Crippen LogP contribution in [-0.2, 0) is 0 Å². The second-order valence-corrected chi connectivity index (χ2v) is 6.22. The smallest absolute Gasteiger partial charge is 0.255 e. The Hall–Kier alpha value is -0.660. The number of halogens is 4. The predicted molar refractivity (Wildman–Crippen MR) is 86.2 cm³/mol. The molecular weight excluding hydrogens is 447 g/mol. The maximum absolute atomic E-state index is 13.1. The Kier molecular flexibility index (Phi) is 4.81. The average molecular weight is 454 g/mol. The Bertz CT molecular complexity index is 627. The molecule has 1 amide bonds. The van der Waals surface area contributed by atoms with Gasteiger partial charge in [-0.15, -0.1) is 0 Å². The van der Waals surface area contributed by atoms with Gasteiger partial charge in [0.25, 0.3) is 5.91 Å². The van der Waals surface area contributed by atoms with Gasteiger partial charge in [0.15, 0.2) is 0 Å². The van der Waals surface area contributed by atoms with Gasteiger partial charge in [0.2, 0.25) is 0 Å². The van der Waals surface area contributed by atoms with Crippen LogP contribution < -0.4 is 5.32 Å². The van der Waals surface area contributed by atoms with Gasteiger partial charge in [-0.25, -0.2) is 4.39 Å². The van der Waals surface area contributed by atoms with Crippen molar-refractivity contribution in [3.8, 4) is 0 Å². The summed E-state index contributed by atoms with van der Waals surface area (Å²) in [5.41, 5.74) is 0.867. The lowest BCUT2D eigenvalue weighted by atomic mass is 10.2. The van der Waals surface area contributed by atoms with Crippen LogP contribution in [0.25, 0.3) is 0 Å². The number of hydrogen-bond donors (Lipinski definition) is 1. The zero-order valence-corrected chi connectivity index (χ0v) is 13.9. The third-order valence-corrected chi connectivity index (χ3v) is 3.93. The molecule has 0 atom stereocenters. The van der Waals surface area contributed by atoms with Gasteiger partial charge in [-0.1, -0.05) is 17.7 Å². The van der Waals surface area contributed by atoms with E-state index in [1.807, 2.05) is 6.07 Å². The molecule has 0 bridgehead atoms. The van der Waals surface area contributed by atoms with E-state index in [1.54, 1.807) is 18.2 Å². The first-order valence-corrected chi connectivity index (χ1v) is 7.44. The lowest BCUT2D eigenvalue weighted by molar-refractivity contribution is 0.102. The first-order valence-electron chi connectivity index (χ1n) is 5.19. The third kappa shape index (κ3) is 3.67. The van der Waals surface area contributed by atoms with Gasteiger partial charge in [0.1, 0.15) is 5.82 Å². The number of nitrogens with one attached hydrogen (secondary N) is 1. The minimum absolute atomic E-state index is 0.144. The van der Waals surface area contributed by atoms with Crippen LogP contribution in [0.5, 0.6) is 0 Å². The second-order valence-electron chi connectivity index (χ2n) is 3.71. The van der Waals surface area contributed by atoms with E-state index in [2.05, 4.69) is 43.8 Å². The van der Waals surface area contributed by atoms with Crippen molar-refractivity contribution in [1.82, 2.24) is 0 Å². The molecule has 0 saturated carbocycles. The minimum atomic E-state index is -0.468. The van der Waals surface area contributed by atoms with Crippen molar-refractivity contribution in [2.24, 2.45) is 0 Å². The molecule has 2 aromatic carbocycles. The number of benzene rings is 2. The summed E-state index contributed by atoms with van der Waals surface area (Å²) in [5, 5.41) is 2.81. The number of amides is 1. The predicted octanol–water partition coefficient (Wildman–Crippen LogP) is 5.10. The number of rotatable bonds is 2.